The zero-order chi connectivity index (χ0) is 19.4. The van der Waals surface area contributed by atoms with E-state index in [4.69, 9.17) is 0 Å². The van der Waals surface area contributed by atoms with Gasteiger partial charge in [-0.3, -0.25) is 0 Å². The van der Waals surface area contributed by atoms with Crippen LogP contribution in [0.5, 0.6) is 0 Å². The third kappa shape index (κ3) is 4.44. The average molecular weight is 398 g/mol. The van der Waals surface area contributed by atoms with Gasteiger partial charge in [0.15, 0.2) is 0 Å². The molecule has 0 aliphatic carbocycles. The number of alkyl halides is 2. The summed E-state index contributed by atoms with van der Waals surface area (Å²) in [5.74, 6) is -1.87. The highest BCUT2D eigenvalue weighted by atomic mass is 32.2. The Labute approximate surface area is 156 Å². The van der Waals surface area contributed by atoms with Gasteiger partial charge in [0, 0.05) is 23.9 Å². The van der Waals surface area contributed by atoms with E-state index >= 15 is 0 Å². The van der Waals surface area contributed by atoms with Crippen LogP contribution >= 0.6 is 0 Å². The summed E-state index contributed by atoms with van der Waals surface area (Å²) in [5, 5.41) is 6.34. The van der Waals surface area contributed by atoms with Crippen LogP contribution in [-0.4, -0.2) is 43.7 Å². The molecule has 2 amide bonds. The molecule has 1 aliphatic heterocycles. The van der Waals surface area contributed by atoms with Crippen molar-refractivity contribution in [3.8, 4) is 0 Å². The summed E-state index contributed by atoms with van der Waals surface area (Å²) in [6.07, 6.45) is 2.79. The van der Waals surface area contributed by atoms with E-state index in [1.165, 1.54) is 29.4 Å². The molecule has 27 heavy (non-hydrogen) atoms. The monoisotopic (exact) mass is 398 g/mol. The number of benzene rings is 1. The number of likely N-dealkylation sites (tertiary alicyclic amines) is 1. The molecule has 2 heterocycles. The first-order chi connectivity index (χ1) is 12.9. The lowest BCUT2D eigenvalue weighted by Crippen LogP contribution is -2.46. The summed E-state index contributed by atoms with van der Waals surface area (Å²) in [5.41, 5.74) is 0.453. The van der Waals surface area contributed by atoms with Crippen LogP contribution in [0.4, 0.5) is 23.7 Å². The lowest BCUT2D eigenvalue weighted by molar-refractivity contribution is 0.00505. The number of urea groups is 1. The summed E-state index contributed by atoms with van der Waals surface area (Å²) in [6.45, 7) is 0.204. The highest BCUT2D eigenvalue weighted by Crippen LogP contribution is 2.38. The Morgan fingerprint density at radius 1 is 1.22 bits per heavy atom. The average Bonchev–Trinajstić information content (AvgIpc) is 2.68. The Bertz CT molecular complexity index is 830. The number of rotatable bonds is 4. The van der Waals surface area contributed by atoms with E-state index in [2.05, 4.69) is 15.5 Å². The van der Waals surface area contributed by atoms with Crippen molar-refractivity contribution in [3.63, 3.8) is 0 Å². The van der Waals surface area contributed by atoms with Gasteiger partial charge in [0.1, 0.15) is 16.6 Å². The summed E-state index contributed by atoms with van der Waals surface area (Å²) >= 11 is 0. The van der Waals surface area contributed by atoms with Gasteiger partial charge in [0.05, 0.1) is 18.1 Å². The molecule has 0 radical (unpaired) electrons. The van der Waals surface area contributed by atoms with Crippen LogP contribution in [0.1, 0.15) is 12.8 Å². The second-order valence-electron chi connectivity index (χ2n) is 6.11. The number of hydrogen-bond donors (Lipinski definition) is 1. The highest BCUT2D eigenvalue weighted by molar-refractivity contribution is 7.86. The van der Waals surface area contributed by atoms with Crippen molar-refractivity contribution in [2.75, 3.05) is 18.4 Å². The molecule has 3 rings (SSSR count). The zero-order valence-corrected chi connectivity index (χ0v) is 15.0. The van der Waals surface area contributed by atoms with E-state index < -0.39 is 33.8 Å². The van der Waals surface area contributed by atoms with Gasteiger partial charge in [-0.15, -0.1) is 0 Å². The summed E-state index contributed by atoms with van der Waals surface area (Å²) in [4.78, 5) is 13.4. The number of piperidine rings is 1. The number of nitrogens with one attached hydrogen (secondary N) is 1. The van der Waals surface area contributed by atoms with Gasteiger partial charge in [-0.2, -0.15) is 19.0 Å². The maximum atomic E-state index is 14.6. The molecular formula is C17H17F3N4O2S. The largest absolute Gasteiger partial charge is 0.328 e. The van der Waals surface area contributed by atoms with Crippen LogP contribution in [0.2, 0.25) is 0 Å². The highest BCUT2D eigenvalue weighted by Gasteiger charge is 2.47. The summed E-state index contributed by atoms with van der Waals surface area (Å²) in [7, 11) is -2.66. The van der Waals surface area contributed by atoms with Crippen LogP contribution < -0.4 is 5.32 Å². The predicted molar refractivity (Wildman–Crippen MR) is 93.1 cm³/mol. The second kappa shape index (κ2) is 8.03. The normalized spacial score (nSPS) is 16.8. The molecule has 1 unspecified atom stereocenters. The second-order valence-corrected chi connectivity index (χ2v) is 7.66. The first kappa shape index (κ1) is 19.3. The number of anilines is 1. The molecule has 1 saturated heterocycles. The number of hydrogen-bond acceptors (Lipinski definition) is 4. The van der Waals surface area contributed by atoms with Crippen LogP contribution in [0, 0.1) is 11.7 Å². The molecule has 1 aliphatic rings. The maximum Gasteiger partial charge on any atom is 0.328 e. The lowest BCUT2D eigenvalue weighted by atomic mass is 9.97. The summed E-state index contributed by atoms with van der Waals surface area (Å²) < 4.78 is 54.8. The summed E-state index contributed by atoms with van der Waals surface area (Å²) in [6, 6.07) is 5.58. The molecule has 10 heteroatoms. The Kier molecular flexibility index (Phi) is 5.73. The first-order valence-electron chi connectivity index (χ1n) is 8.26. The third-order valence-electron chi connectivity index (χ3n) is 4.35. The fourth-order valence-electron chi connectivity index (χ4n) is 2.88. The number of carbonyl (C=O) groups excluding carboxylic acids is 1. The molecule has 1 aromatic carbocycles. The van der Waals surface area contributed by atoms with Crippen LogP contribution in [0.15, 0.2) is 47.6 Å². The van der Waals surface area contributed by atoms with Gasteiger partial charge in [0.25, 0.3) is 0 Å². The zero-order valence-electron chi connectivity index (χ0n) is 14.1. The number of aromatic nitrogens is 2. The van der Waals surface area contributed by atoms with E-state index in [1.807, 2.05) is 0 Å². The Morgan fingerprint density at radius 3 is 2.59 bits per heavy atom. The van der Waals surface area contributed by atoms with Crippen molar-refractivity contribution < 1.29 is 22.2 Å². The number of nitrogens with zero attached hydrogens (tertiary/aromatic N) is 3. The molecule has 1 atom stereocenters. The van der Waals surface area contributed by atoms with Gasteiger partial charge in [-0.25, -0.2) is 13.4 Å². The van der Waals surface area contributed by atoms with E-state index in [9.17, 15) is 22.2 Å². The molecule has 0 bridgehead atoms. The van der Waals surface area contributed by atoms with Crippen molar-refractivity contribution in [1.82, 2.24) is 15.1 Å². The molecule has 6 nitrogen and oxygen atoms in total. The number of amides is 2. The molecule has 1 aromatic heterocycles. The molecule has 1 N–H and O–H groups in total. The third-order valence-corrected chi connectivity index (χ3v) is 5.86. The first-order valence-corrected chi connectivity index (χ1v) is 9.41. The van der Waals surface area contributed by atoms with E-state index in [0.717, 1.165) is 12.1 Å². The topological polar surface area (TPSA) is 75.2 Å². The molecule has 1 fully saturated rings. The van der Waals surface area contributed by atoms with E-state index in [0.29, 0.717) is 5.69 Å². The van der Waals surface area contributed by atoms with E-state index in [1.54, 1.807) is 6.07 Å². The lowest BCUT2D eigenvalue weighted by Gasteiger charge is -2.35. The minimum absolute atomic E-state index is 0.00390. The fourth-order valence-corrected chi connectivity index (χ4v) is 4.15. The van der Waals surface area contributed by atoms with Gasteiger partial charge in [-0.1, -0.05) is 6.07 Å². The standard InChI is InChI=1S/C17H17F3N4O2S/c18-13-2-1-3-15(10-13)27(26)17(19,20)12-5-8-24(9-6-12)16(25)23-14-4-7-21-22-11-14/h1-4,7,10-12H,5-6,8-9H2,(H,21,23,25). The predicted octanol–water partition coefficient (Wildman–Crippen LogP) is 3.26. The molecule has 0 spiro atoms. The van der Waals surface area contributed by atoms with Gasteiger partial charge in [0.2, 0.25) is 0 Å². The van der Waals surface area contributed by atoms with Crippen molar-refractivity contribution >= 4 is 22.5 Å². The van der Waals surface area contributed by atoms with Gasteiger partial charge in [-0.05, 0) is 37.1 Å². The fraction of sp³-hybridized carbons (Fsp3) is 0.353. The number of carbonyl (C=O) groups is 1. The van der Waals surface area contributed by atoms with Crippen molar-refractivity contribution in [1.29, 1.82) is 0 Å². The molecular weight excluding hydrogens is 381 g/mol. The minimum atomic E-state index is -3.51. The van der Waals surface area contributed by atoms with Gasteiger partial charge >= 0.3 is 11.3 Å². The van der Waals surface area contributed by atoms with Crippen LogP contribution in [-0.2, 0) is 10.8 Å². The minimum Gasteiger partial charge on any atom is -0.325 e. The molecule has 0 saturated carbocycles. The van der Waals surface area contributed by atoms with Crippen molar-refractivity contribution in [2.45, 2.75) is 23.0 Å². The Morgan fingerprint density at radius 2 is 1.96 bits per heavy atom. The van der Waals surface area contributed by atoms with Gasteiger partial charge < -0.3 is 10.2 Å². The number of halogens is 3. The van der Waals surface area contributed by atoms with E-state index in [-0.39, 0.29) is 30.8 Å². The van der Waals surface area contributed by atoms with Crippen LogP contribution in [0.3, 0.4) is 0 Å². The quantitative estimate of drug-likeness (QED) is 0.858. The van der Waals surface area contributed by atoms with Crippen LogP contribution in [0.25, 0.3) is 0 Å². The van der Waals surface area contributed by atoms with Crippen molar-refractivity contribution in [3.05, 3.63) is 48.5 Å². The Hall–Kier alpha value is -2.49. The smallest absolute Gasteiger partial charge is 0.325 e. The molecule has 144 valence electrons. The SMILES string of the molecule is O=C(Nc1ccnnc1)N1CCC(C(F)(F)S(=O)c2cccc(F)c2)CC1. The van der Waals surface area contributed by atoms with Crippen molar-refractivity contribution in [2.24, 2.45) is 5.92 Å². The molecule has 2 aromatic rings. The Balaban J connectivity index is 1.60. The maximum absolute atomic E-state index is 14.6.